The molecular formula is C23H22N6OS2. The lowest BCUT2D eigenvalue weighted by Crippen LogP contribution is -2.39. The largest absolute Gasteiger partial charge is 0.379 e. The molecule has 1 aromatic carbocycles. The summed E-state index contributed by atoms with van der Waals surface area (Å²) in [6.45, 7) is 5.29. The van der Waals surface area contributed by atoms with Gasteiger partial charge in [-0.2, -0.15) is 11.3 Å². The summed E-state index contributed by atoms with van der Waals surface area (Å²) in [6, 6.07) is 10.5. The van der Waals surface area contributed by atoms with E-state index in [2.05, 4.69) is 61.7 Å². The second-order valence-electron chi connectivity index (χ2n) is 7.69. The molecule has 6 rings (SSSR count). The van der Waals surface area contributed by atoms with Crippen molar-refractivity contribution in [1.82, 2.24) is 24.4 Å². The van der Waals surface area contributed by atoms with Crippen LogP contribution in [0.4, 0.5) is 5.82 Å². The maximum atomic E-state index is 5.46. The Morgan fingerprint density at radius 1 is 1.06 bits per heavy atom. The molecule has 0 radical (unpaired) electrons. The third-order valence-electron chi connectivity index (χ3n) is 5.73. The van der Waals surface area contributed by atoms with Crippen molar-refractivity contribution in [3.05, 3.63) is 52.8 Å². The van der Waals surface area contributed by atoms with Crippen LogP contribution in [0.5, 0.6) is 0 Å². The average molecular weight is 463 g/mol. The van der Waals surface area contributed by atoms with Gasteiger partial charge in [0.15, 0.2) is 22.8 Å². The van der Waals surface area contributed by atoms with Crippen LogP contribution < -0.4 is 5.32 Å². The molecule has 1 aliphatic heterocycles. The van der Waals surface area contributed by atoms with Gasteiger partial charge in [-0.05, 0) is 17.5 Å². The lowest BCUT2D eigenvalue weighted by Gasteiger charge is -2.26. The van der Waals surface area contributed by atoms with Gasteiger partial charge < -0.3 is 10.1 Å². The Balaban J connectivity index is 1.41. The van der Waals surface area contributed by atoms with Crippen LogP contribution in [0.2, 0.25) is 0 Å². The molecule has 1 aliphatic rings. The fraction of sp³-hybridized carbons (Fsp3) is 0.261. The Morgan fingerprint density at radius 3 is 2.84 bits per heavy atom. The molecule has 0 saturated carbocycles. The van der Waals surface area contributed by atoms with Gasteiger partial charge in [0.1, 0.15) is 6.33 Å². The predicted molar refractivity (Wildman–Crippen MR) is 131 cm³/mol. The number of imidazole rings is 1. The molecule has 0 unspecified atom stereocenters. The first-order chi connectivity index (χ1) is 15.9. The molecule has 1 N–H and O–H groups in total. The summed E-state index contributed by atoms with van der Waals surface area (Å²) in [6.07, 6.45) is 1.84. The first-order valence-corrected chi connectivity index (χ1v) is 12.5. The van der Waals surface area contributed by atoms with E-state index >= 15 is 0 Å². The Kier molecular flexibility index (Phi) is 5.32. The van der Waals surface area contributed by atoms with Gasteiger partial charge in [0.05, 0.1) is 18.9 Å². The van der Waals surface area contributed by atoms with Gasteiger partial charge in [-0.3, -0.25) is 9.47 Å². The van der Waals surface area contributed by atoms with Crippen molar-refractivity contribution in [3.8, 4) is 17.1 Å². The van der Waals surface area contributed by atoms with Crippen LogP contribution in [0.15, 0.2) is 52.8 Å². The lowest BCUT2D eigenvalue weighted by atomic mass is 10.1. The molecule has 5 aromatic rings. The molecule has 4 aromatic heterocycles. The lowest BCUT2D eigenvalue weighted by molar-refractivity contribution is 0.0398. The quantitative estimate of drug-likeness (QED) is 0.401. The van der Waals surface area contributed by atoms with Crippen LogP contribution in [-0.4, -0.2) is 63.8 Å². The van der Waals surface area contributed by atoms with Crippen molar-refractivity contribution in [2.75, 3.05) is 44.7 Å². The zero-order valence-corrected chi connectivity index (χ0v) is 19.0. The van der Waals surface area contributed by atoms with Gasteiger partial charge in [0, 0.05) is 52.6 Å². The highest BCUT2D eigenvalue weighted by molar-refractivity contribution is 7.17. The van der Waals surface area contributed by atoms with E-state index in [9.17, 15) is 0 Å². The van der Waals surface area contributed by atoms with E-state index in [-0.39, 0.29) is 0 Å². The van der Waals surface area contributed by atoms with Crippen LogP contribution in [0.25, 0.3) is 38.3 Å². The molecule has 0 atom stereocenters. The van der Waals surface area contributed by atoms with E-state index in [4.69, 9.17) is 14.7 Å². The van der Waals surface area contributed by atoms with E-state index in [1.807, 2.05) is 10.9 Å². The summed E-state index contributed by atoms with van der Waals surface area (Å²) in [7, 11) is 0. The summed E-state index contributed by atoms with van der Waals surface area (Å²) in [5, 5.41) is 11.0. The molecule has 0 amide bonds. The Morgan fingerprint density at radius 2 is 1.97 bits per heavy atom. The Hall–Kier alpha value is -2.85. The van der Waals surface area contributed by atoms with Crippen LogP contribution >= 0.6 is 22.7 Å². The summed E-state index contributed by atoms with van der Waals surface area (Å²) in [4.78, 5) is 17.0. The third-order valence-corrected chi connectivity index (χ3v) is 7.36. The third kappa shape index (κ3) is 3.67. The van der Waals surface area contributed by atoms with Gasteiger partial charge in [0.25, 0.3) is 0 Å². The first-order valence-electron chi connectivity index (χ1n) is 10.6. The van der Waals surface area contributed by atoms with E-state index < -0.39 is 0 Å². The van der Waals surface area contributed by atoms with Gasteiger partial charge in [-0.25, -0.2) is 15.0 Å². The molecule has 162 valence electrons. The molecule has 7 nitrogen and oxygen atoms in total. The van der Waals surface area contributed by atoms with E-state index in [1.54, 1.807) is 22.7 Å². The second-order valence-corrected chi connectivity index (χ2v) is 9.38. The number of rotatable bonds is 6. The second kappa shape index (κ2) is 8.59. The molecule has 0 bridgehead atoms. The summed E-state index contributed by atoms with van der Waals surface area (Å²) >= 11 is 3.38. The van der Waals surface area contributed by atoms with Crippen molar-refractivity contribution in [2.45, 2.75) is 0 Å². The molecule has 1 saturated heterocycles. The highest BCUT2D eigenvalue weighted by atomic mass is 32.1. The number of hydrogen-bond donors (Lipinski definition) is 1. The normalized spacial score (nSPS) is 15.0. The summed E-state index contributed by atoms with van der Waals surface area (Å²) in [5.74, 6) is 1.50. The Bertz CT molecular complexity index is 1350. The monoisotopic (exact) mass is 462 g/mol. The maximum absolute atomic E-state index is 5.46. The predicted octanol–water partition coefficient (Wildman–Crippen LogP) is 4.50. The summed E-state index contributed by atoms with van der Waals surface area (Å²) in [5.41, 5.74) is 3.73. The maximum Gasteiger partial charge on any atom is 0.170 e. The molecule has 0 aliphatic carbocycles. The zero-order valence-electron chi connectivity index (χ0n) is 17.4. The first kappa shape index (κ1) is 19.8. The molecule has 32 heavy (non-hydrogen) atoms. The minimum atomic E-state index is 0.723. The number of morpholine rings is 1. The fourth-order valence-electron chi connectivity index (χ4n) is 4.04. The number of thiophene rings is 2. The Labute approximate surface area is 193 Å². The number of hydrogen-bond acceptors (Lipinski definition) is 8. The number of ether oxygens (including phenoxy) is 1. The van der Waals surface area contributed by atoms with E-state index in [1.165, 1.54) is 10.1 Å². The topological polar surface area (TPSA) is 68.1 Å². The highest BCUT2D eigenvalue weighted by Gasteiger charge is 2.18. The van der Waals surface area contributed by atoms with Gasteiger partial charge >= 0.3 is 0 Å². The number of nitrogens with zero attached hydrogens (tertiary/aromatic N) is 5. The van der Waals surface area contributed by atoms with Crippen molar-refractivity contribution >= 4 is 49.7 Å². The van der Waals surface area contributed by atoms with Gasteiger partial charge in [0.2, 0.25) is 0 Å². The smallest absolute Gasteiger partial charge is 0.170 e. The number of fused-ring (bicyclic) bond motifs is 2. The molecule has 0 spiro atoms. The summed E-state index contributed by atoms with van der Waals surface area (Å²) < 4.78 is 8.73. The van der Waals surface area contributed by atoms with Crippen molar-refractivity contribution in [1.29, 1.82) is 0 Å². The standard InChI is InChI=1S/C23H22N6OS2/c1-2-4-19-17(3-1)18(14-32-19)21-26-22(24-6-7-28-8-10-30-11-9-28)20-23(27-21)29(15-25-20)16-5-12-31-13-16/h1-5,12-15H,6-11H2,(H,24,26,27). The van der Waals surface area contributed by atoms with Gasteiger partial charge in [-0.1, -0.05) is 18.2 Å². The highest BCUT2D eigenvalue weighted by Crippen LogP contribution is 2.34. The number of benzene rings is 1. The van der Waals surface area contributed by atoms with Crippen LogP contribution in [0.1, 0.15) is 0 Å². The van der Waals surface area contributed by atoms with E-state index in [0.29, 0.717) is 0 Å². The number of nitrogens with one attached hydrogen (secondary N) is 1. The van der Waals surface area contributed by atoms with Crippen molar-refractivity contribution in [3.63, 3.8) is 0 Å². The minimum absolute atomic E-state index is 0.723. The fourth-order valence-corrected chi connectivity index (χ4v) is 5.60. The molecular weight excluding hydrogens is 440 g/mol. The number of anilines is 1. The van der Waals surface area contributed by atoms with Crippen LogP contribution in [0.3, 0.4) is 0 Å². The molecule has 1 fully saturated rings. The van der Waals surface area contributed by atoms with E-state index in [0.717, 1.165) is 73.4 Å². The zero-order chi connectivity index (χ0) is 21.3. The van der Waals surface area contributed by atoms with Crippen molar-refractivity contribution < 1.29 is 4.74 Å². The average Bonchev–Trinajstić information content (AvgIpc) is 3.58. The van der Waals surface area contributed by atoms with Crippen LogP contribution in [-0.2, 0) is 4.74 Å². The van der Waals surface area contributed by atoms with Gasteiger partial charge in [-0.15, -0.1) is 11.3 Å². The van der Waals surface area contributed by atoms with Crippen molar-refractivity contribution in [2.24, 2.45) is 0 Å². The molecule has 9 heteroatoms. The minimum Gasteiger partial charge on any atom is -0.379 e. The van der Waals surface area contributed by atoms with Crippen LogP contribution in [0, 0.1) is 0 Å². The SMILES string of the molecule is c1ccc2c(-c3nc(NCCN4CCOCC4)c4ncn(-c5ccsc5)c4n3)csc2c1. The molecule has 5 heterocycles. The number of aromatic nitrogens is 4.